The van der Waals surface area contributed by atoms with Crippen molar-refractivity contribution in [1.29, 1.82) is 0 Å². The molecule has 6 heteroatoms. The first kappa shape index (κ1) is 14.8. The van der Waals surface area contributed by atoms with Gasteiger partial charge in [-0.3, -0.25) is 14.9 Å². The van der Waals surface area contributed by atoms with Gasteiger partial charge >= 0.3 is 0 Å². The van der Waals surface area contributed by atoms with E-state index in [0.717, 1.165) is 36.8 Å². The van der Waals surface area contributed by atoms with Crippen LogP contribution < -0.4 is 4.90 Å². The van der Waals surface area contributed by atoms with Crippen LogP contribution in [-0.2, 0) is 6.54 Å². The van der Waals surface area contributed by atoms with E-state index >= 15 is 0 Å². The number of nitrogens with zero attached hydrogens (tertiary/aromatic N) is 6. The molecule has 1 aliphatic rings. The van der Waals surface area contributed by atoms with Crippen LogP contribution in [0.4, 0.5) is 5.82 Å². The summed E-state index contributed by atoms with van der Waals surface area (Å²) in [6.07, 6.45) is 7.79. The fraction of sp³-hybridized carbons (Fsp3) is 0.500. The summed E-state index contributed by atoms with van der Waals surface area (Å²) in [5.41, 5.74) is 1.97. The summed E-state index contributed by atoms with van der Waals surface area (Å²) in [5.74, 6) is 0.968. The zero-order chi connectivity index (χ0) is 15.4. The second-order valence-electron chi connectivity index (χ2n) is 5.89. The summed E-state index contributed by atoms with van der Waals surface area (Å²) < 4.78 is 0. The molecule has 6 nitrogen and oxygen atoms in total. The Bertz CT molecular complexity index is 585. The molecule has 0 aromatic carbocycles. The smallest absolute Gasteiger partial charge is 0.151 e. The minimum absolute atomic E-state index is 0.499. The van der Waals surface area contributed by atoms with E-state index in [-0.39, 0.29) is 0 Å². The van der Waals surface area contributed by atoms with Gasteiger partial charge < -0.3 is 4.90 Å². The van der Waals surface area contributed by atoms with E-state index in [2.05, 4.69) is 37.0 Å². The van der Waals surface area contributed by atoms with Crippen LogP contribution in [-0.4, -0.2) is 51.2 Å². The Hall–Kier alpha value is -2.08. The topological polar surface area (TPSA) is 58.0 Å². The number of aryl methyl sites for hydroxylation is 1. The lowest BCUT2D eigenvalue weighted by Crippen LogP contribution is -2.46. The van der Waals surface area contributed by atoms with Crippen LogP contribution >= 0.6 is 0 Å². The van der Waals surface area contributed by atoms with Crippen molar-refractivity contribution < 1.29 is 0 Å². The molecule has 1 atom stereocenters. The molecule has 2 aromatic heterocycles. The minimum atomic E-state index is 0.499. The monoisotopic (exact) mass is 298 g/mol. The zero-order valence-electron chi connectivity index (χ0n) is 13.2. The lowest BCUT2D eigenvalue weighted by atomic mass is 10.0. The highest BCUT2D eigenvalue weighted by Gasteiger charge is 2.24. The number of aromatic nitrogens is 4. The molecule has 1 unspecified atom stereocenters. The van der Waals surface area contributed by atoms with Gasteiger partial charge in [0.25, 0.3) is 0 Å². The highest BCUT2D eigenvalue weighted by atomic mass is 15.3. The van der Waals surface area contributed by atoms with Gasteiger partial charge in [-0.05, 0) is 38.9 Å². The number of hydrogen-bond acceptors (Lipinski definition) is 6. The van der Waals surface area contributed by atoms with Crippen LogP contribution in [0.3, 0.4) is 0 Å². The highest BCUT2D eigenvalue weighted by Crippen LogP contribution is 2.20. The fourth-order valence-electron chi connectivity index (χ4n) is 2.87. The molecule has 0 amide bonds. The van der Waals surface area contributed by atoms with Crippen molar-refractivity contribution in [3.63, 3.8) is 0 Å². The van der Waals surface area contributed by atoms with Crippen LogP contribution in [0.25, 0.3) is 0 Å². The molecule has 0 bridgehead atoms. The second kappa shape index (κ2) is 6.79. The predicted molar refractivity (Wildman–Crippen MR) is 85.5 cm³/mol. The Morgan fingerprint density at radius 2 is 2.23 bits per heavy atom. The minimum Gasteiger partial charge on any atom is -0.354 e. The van der Waals surface area contributed by atoms with Crippen LogP contribution in [0.15, 0.2) is 30.7 Å². The molecule has 0 N–H and O–H groups in total. The first-order valence-electron chi connectivity index (χ1n) is 7.73. The molecule has 0 radical (unpaired) electrons. The lowest BCUT2D eigenvalue weighted by Gasteiger charge is -2.37. The average Bonchev–Trinajstić information content (AvgIpc) is 2.58. The molecule has 2 aromatic rings. The van der Waals surface area contributed by atoms with Gasteiger partial charge in [0, 0.05) is 44.3 Å². The summed E-state index contributed by atoms with van der Waals surface area (Å²) in [5, 5.41) is 8.21. The van der Waals surface area contributed by atoms with Gasteiger partial charge in [0.2, 0.25) is 0 Å². The van der Waals surface area contributed by atoms with E-state index in [1.165, 1.54) is 12.8 Å². The first-order chi connectivity index (χ1) is 10.7. The average molecular weight is 298 g/mol. The predicted octanol–water partition coefficient (Wildman–Crippen LogP) is 1.68. The second-order valence-corrected chi connectivity index (χ2v) is 5.89. The molecule has 3 heterocycles. The molecule has 116 valence electrons. The molecule has 1 aliphatic heterocycles. The standard InChI is InChI=1S/C16H22N6/c1-13-9-18-14(10-17-13)11-21(2)15-5-4-8-22(12-15)16-6-3-7-19-20-16/h3,6-7,9-10,15H,4-5,8,11-12H2,1-2H3. The van der Waals surface area contributed by atoms with Crippen molar-refractivity contribution in [3.8, 4) is 0 Å². The van der Waals surface area contributed by atoms with E-state index < -0.39 is 0 Å². The number of piperidine rings is 1. The van der Waals surface area contributed by atoms with E-state index in [1.54, 1.807) is 6.20 Å². The quantitative estimate of drug-likeness (QED) is 0.856. The number of hydrogen-bond donors (Lipinski definition) is 0. The zero-order valence-corrected chi connectivity index (χ0v) is 13.2. The number of likely N-dealkylation sites (N-methyl/N-ethyl adjacent to an activating group) is 1. The summed E-state index contributed by atoms with van der Waals surface area (Å²) in [6.45, 7) is 4.81. The maximum Gasteiger partial charge on any atom is 0.151 e. The Labute approximate surface area is 131 Å². The molecule has 1 fully saturated rings. The molecular weight excluding hydrogens is 276 g/mol. The number of anilines is 1. The van der Waals surface area contributed by atoms with Crippen molar-refractivity contribution in [2.75, 3.05) is 25.0 Å². The van der Waals surface area contributed by atoms with Gasteiger partial charge in [-0.2, -0.15) is 5.10 Å². The van der Waals surface area contributed by atoms with E-state index in [1.807, 2.05) is 31.5 Å². The Balaban J connectivity index is 1.62. The van der Waals surface area contributed by atoms with Gasteiger partial charge in [-0.1, -0.05) is 0 Å². The molecule has 0 saturated carbocycles. The van der Waals surface area contributed by atoms with Crippen LogP contribution in [0.5, 0.6) is 0 Å². The summed E-state index contributed by atoms with van der Waals surface area (Å²) in [4.78, 5) is 13.5. The molecule has 22 heavy (non-hydrogen) atoms. The fourth-order valence-corrected chi connectivity index (χ4v) is 2.87. The van der Waals surface area contributed by atoms with E-state index in [4.69, 9.17) is 0 Å². The summed E-state index contributed by atoms with van der Waals surface area (Å²) >= 11 is 0. The van der Waals surface area contributed by atoms with Crippen molar-refractivity contribution in [2.24, 2.45) is 0 Å². The Morgan fingerprint density at radius 1 is 1.32 bits per heavy atom. The van der Waals surface area contributed by atoms with Crippen LogP contribution in [0.2, 0.25) is 0 Å². The third-order valence-corrected chi connectivity index (χ3v) is 4.15. The Kier molecular flexibility index (Phi) is 4.58. The van der Waals surface area contributed by atoms with Gasteiger partial charge in [-0.15, -0.1) is 5.10 Å². The number of rotatable bonds is 4. The summed E-state index contributed by atoms with van der Waals surface area (Å²) in [6, 6.07) is 4.47. The molecule has 3 rings (SSSR count). The normalized spacial score (nSPS) is 18.7. The van der Waals surface area contributed by atoms with Gasteiger partial charge in [0.15, 0.2) is 5.82 Å². The summed E-state index contributed by atoms with van der Waals surface area (Å²) in [7, 11) is 2.16. The van der Waals surface area contributed by atoms with Crippen LogP contribution in [0.1, 0.15) is 24.2 Å². The Morgan fingerprint density at radius 3 is 2.95 bits per heavy atom. The highest BCUT2D eigenvalue weighted by molar-refractivity contribution is 5.37. The molecule has 0 aliphatic carbocycles. The van der Waals surface area contributed by atoms with Crippen LogP contribution in [0, 0.1) is 6.92 Å². The van der Waals surface area contributed by atoms with E-state index in [9.17, 15) is 0 Å². The van der Waals surface area contributed by atoms with Crippen molar-refractivity contribution in [1.82, 2.24) is 25.1 Å². The van der Waals surface area contributed by atoms with Gasteiger partial charge in [0.05, 0.1) is 11.4 Å². The maximum atomic E-state index is 4.45. The van der Waals surface area contributed by atoms with Crippen molar-refractivity contribution in [3.05, 3.63) is 42.1 Å². The lowest BCUT2D eigenvalue weighted by molar-refractivity contribution is 0.205. The van der Waals surface area contributed by atoms with Gasteiger partial charge in [0.1, 0.15) is 0 Å². The van der Waals surface area contributed by atoms with Crippen molar-refractivity contribution in [2.45, 2.75) is 32.4 Å². The molecule has 0 spiro atoms. The third-order valence-electron chi connectivity index (χ3n) is 4.15. The SMILES string of the molecule is Cc1cnc(CN(C)C2CCCN(c3cccnn3)C2)cn1. The molecule has 1 saturated heterocycles. The maximum absolute atomic E-state index is 4.45. The first-order valence-corrected chi connectivity index (χ1v) is 7.73. The van der Waals surface area contributed by atoms with Crippen molar-refractivity contribution >= 4 is 5.82 Å². The van der Waals surface area contributed by atoms with E-state index in [0.29, 0.717) is 6.04 Å². The third kappa shape index (κ3) is 3.57. The largest absolute Gasteiger partial charge is 0.354 e. The molecular formula is C16H22N6. The van der Waals surface area contributed by atoms with Gasteiger partial charge in [-0.25, -0.2) is 0 Å².